The van der Waals surface area contributed by atoms with Crippen molar-refractivity contribution in [3.8, 4) is 0 Å². The van der Waals surface area contributed by atoms with Gasteiger partial charge in [-0.25, -0.2) is 8.42 Å². The summed E-state index contributed by atoms with van der Waals surface area (Å²) in [4.78, 5) is 4.63. The molecule has 0 atom stereocenters. The number of rotatable bonds is 7. The van der Waals surface area contributed by atoms with Crippen LogP contribution in [0.4, 0.5) is 0 Å². The van der Waals surface area contributed by atoms with Crippen LogP contribution in [0.3, 0.4) is 0 Å². The fourth-order valence-electron chi connectivity index (χ4n) is 3.05. The minimum Gasteiger partial charge on any atom is -0.329 e. The second kappa shape index (κ2) is 7.95. The number of aromatic nitrogens is 1. The number of fused-ring (bicyclic) bond motifs is 1. The van der Waals surface area contributed by atoms with Crippen LogP contribution in [0, 0.1) is 6.92 Å². The van der Waals surface area contributed by atoms with Gasteiger partial charge in [-0.3, -0.25) is 4.98 Å². The summed E-state index contributed by atoms with van der Waals surface area (Å²) in [6.07, 6.45) is 2.32. The van der Waals surface area contributed by atoms with Crippen molar-refractivity contribution in [3.05, 3.63) is 71.9 Å². The highest BCUT2D eigenvalue weighted by Crippen LogP contribution is 2.27. The topological polar surface area (TPSA) is 76.3 Å². The molecule has 0 radical (unpaired) electrons. The van der Waals surface area contributed by atoms with E-state index in [-0.39, 0.29) is 18.0 Å². The maximum atomic E-state index is 13.3. The van der Waals surface area contributed by atoms with Gasteiger partial charge in [0, 0.05) is 31.2 Å². The van der Waals surface area contributed by atoms with Crippen molar-refractivity contribution < 1.29 is 8.42 Å². The fourth-order valence-corrected chi connectivity index (χ4v) is 4.68. The summed E-state index contributed by atoms with van der Waals surface area (Å²) in [7, 11) is -3.66. The Kier molecular flexibility index (Phi) is 5.66. The monoisotopic (exact) mass is 369 g/mol. The predicted molar refractivity (Wildman–Crippen MR) is 104 cm³/mol. The zero-order chi connectivity index (χ0) is 18.6. The van der Waals surface area contributed by atoms with Crippen molar-refractivity contribution in [1.29, 1.82) is 0 Å². The van der Waals surface area contributed by atoms with Crippen LogP contribution >= 0.6 is 0 Å². The van der Waals surface area contributed by atoms with Crippen LogP contribution in [0.1, 0.15) is 11.1 Å². The van der Waals surface area contributed by atoms with E-state index < -0.39 is 10.0 Å². The summed E-state index contributed by atoms with van der Waals surface area (Å²) in [6.45, 7) is 2.87. The lowest BCUT2D eigenvalue weighted by Crippen LogP contribution is -2.37. The average Bonchev–Trinajstić information content (AvgIpc) is 2.66. The molecule has 0 aliphatic heterocycles. The standard InChI is InChI=1S/C20H23N3O2S/c1-16-9-10-19(18-8-5-13-22-20(16)18)26(24,25)23(15-12-21)14-11-17-6-3-2-4-7-17/h2-10,13H,11-12,14-15,21H2,1H3. The lowest BCUT2D eigenvalue weighted by molar-refractivity contribution is 0.422. The van der Waals surface area contributed by atoms with Crippen molar-refractivity contribution in [3.63, 3.8) is 0 Å². The molecule has 0 fully saturated rings. The molecule has 0 saturated carbocycles. The Balaban J connectivity index is 1.97. The van der Waals surface area contributed by atoms with E-state index in [9.17, 15) is 8.42 Å². The van der Waals surface area contributed by atoms with Crippen molar-refractivity contribution >= 4 is 20.9 Å². The Labute approximate surface area is 154 Å². The van der Waals surface area contributed by atoms with E-state index in [4.69, 9.17) is 5.73 Å². The molecule has 3 rings (SSSR count). The number of sulfonamides is 1. The van der Waals surface area contributed by atoms with Gasteiger partial charge >= 0.3 is 0 Å². The summed E-state index contributed by atoms with van der Waals surface area (Å²) in [6, 6.07) is 16.9. The van der Waals surface area contributed by atoms with Crippen LogP contribution < -0.4 is 5.73 Å². The molecule has 2 N–H and O–H groups in total. The molecule has 0 aliphatic carbocycles. The molecule has 136 valence electrons. The Bertz CT molecular complexity index is 988. The van der Waals surface area contributed by atoms with Gasteiger partial charge in [0.25, 0.3) is 0 Å². The number of nitrogens with two attached hydrogens (primary N) is 1. The Morgan fingerprint density at radius 2 is 1.77 bits per heavy atom. The summed E-state index contributed by atoms with van der Waals surface area (Å²) < 4.78 is 28.1. The molecular weight excluding hydrogens is 346 g/mol. The lowest BCUT2D eigenvalue weighted by atomic mass is 10.1. The zero-order valence-corrected chi connectivity index (χ0v) is 15.6. The van der Waals surface area contributed by atoms with Gasteiger partial charge in [-0.05, 0) is 42.7 Å². The first kappa shape index (κ1) is 18.5. The van der Waals surface area contributed by atoms with Gasteiger partial charge < -0.3 is 5.73 Å². The highest BCUT2D eigenvalue weighted by molar-refractivity contribution is 7.89. The van der Waals surface area contributed by atoms with Gasteiger partial charge in [0.05, 0.1) is 10.4 Å². The van der Waals surface area contributed by atoms with Crippen molar-refractivity contribution in [2.75, 3.05) is 19.6 Å². The van der Waals surface area contributed by atoms with Crippen LogP contribution in [0.25, 0.3) is 10.9 Å². The molecule has 0 unspecified atom stereocenters. The van der Waals surface area contributed by atoms with Crippen molar-refractivity contribution in [1.82, 2.24) is 9.29 Å². The van der Waals surface area contributed by atoms with Crippen LogP contribution in [0.2, 0.25) is 0 Å². The van der Waals surface area contributed by atoms with Crippen LogP contribution in [-0.2, 0) is 16.4 Å². The first-order valence-electron chi connectivity index (χ1n) is 8.62. The largest absolute Gasteiger partial charge is 0.329 e. The molecule has 3 aromatic rings. The summed E-state index contributed by atoms with van der Waals surface area (Å²) >= 11 is 0. The number of hydrogen-bond acceptors (Lipinski definition) is 4. The van der Waals surface area contributed by atoms with Gasteiger partial charge in [-0.2, -0.15) is 4.31 Å². The normalized spacial score (nSPS) is 12.0. The smallest absolute Gasteiger partial charge is 0.243 e. The molecule has 26 heavy (non-hydrogen) atoms. The van der Waals surface area contributed by atoms with Crippen LogP contribution in [0.15, 0.2) is 65.7 Å². The van der Waals surface area contributed by atoms with Crippen LogP contribution in [0.5, 0.6) is 0 Å². The van der Waals surface area contributed by atoms with Gasteiger partial charge in [0.15, 0.2) is 0 Å². The second-order valence-corrected chi connectivity index (χ2v) is 8.11. The maximum absolute atomic E-state index is 13.3. The molecule has 0 amide bonds. The maximum Gasteiger partial charge on any atom is 0.243 e. The molecular formula is C20H23N3O2S. The molecule has 6 heteroatoms. The minimum atomic E-state index is -3.66. The third kappa shape index (κ3) is 3.77. The highest BCUT2D eigenvalue weighted by atomic mass is 32.2. The summed E-state index contributed by atoms with van der Waals surface area (Å²) in [5.74, 6) is 0. The van der Waals surface area contributed by atoms with Gasteiger partial charge in [0.1, 0.15) is 0 Å². The van der Waals surface area contributed by atoms with E-state index in [0.29, 0.717) is 23.9 Å². The SMILES string of the molecule is Cc1ccc(S(=O)(=O)N(CCN)CCc2ccccc2)c2cccnc12. The first-order chi connectivity index (χ1) is 12.5. The molecule has 0 aliphatic rings. The molecule has 1 aromatic heterocycles. The van der Waals surface area contributed by atoms with E-state index in [1.807, 2.05) is 37.3 Å². The third-order valence-electron chi connectivity index (χ3n) is 4.42. The van der Waals surface area contributed by atoms with E-state index >= 15 is 0 Å². The highest BCUT2D eigenvalue weighted by Gasteiger charge is 2.26. The van der Waals surface area contributed by atoms with Gasteiger partial charge in [0.2, 0.25) is 10.0 Å². The molecule has 0 saturated heterocycles. The van der Waals surface area contributed by atoms with Gasteiger partial charge in [-0.1, -0.05) is 36.4 Å². The van der Waals surface area contributed by atoms with Crippen LogP contribution in [-0.4, -0.2) is 37.3 Å². The number of nitrogens with zero attached hydrogens (tertiary/aromatic N) is 2. The Hall–Kier alpha value is -2.28. The number of aryl methyl sites for hydroxylation is 1. The van der Waals surface area contributed by atoms with E-state index in [1.54, 1.807) is 30.5 Å². The van der Waals surface area contributed by atoms with E-state index in [1.165, 1.54) is 4.31 Å². The minimum absolute atomic E-state index is 0.274. The molecule has 5 nitrogen and oxygen atoms in total. The molecule has 0 bridgehead atoms. The predicted octanol–water partition coefficient (Wildman–Crippen LogP) is 2.74. The number of hydrogen-bond donors (Lipinski definition) is 1. The second-order valence-electron chi connectivity index (χ2n) is 6.21. The zero-order valence-electron chi connectivity index (χ0n) is 14.8. The average molecular weight is 369 g/mol. The van der Waals surface area contributed by atoms with Crippen molar-refractivity contribution in [2.24, 2.45) is 5.73 Å². The van der Waals surface area contributed by atoms with E-state index in [0.717, 1.165) is 11.1 Å². The lowest BCUT2D eigenvalue weighted by Gasteiger charge is -2.22. The first-order valence-corrected chi connectivity index (χ1v) is 10.1. The summed E-state index contributed by atoms with van der Waals surface area (Å²) in [5.41, 5.74) is 8.45. The molecule has 1 heterocycles. The Morgan fingerprint density at radius 3 is 2.50 bits per heavy atom. The summed E-state index contributed by atoms with van der Waals surface area (Å²) in [5, 5.41) is 0.647. The fraction of sp³-hybridized carbons (Fsp3) is 0.250. The van der Waals surface area contributed by atoms with Gasteiger partial charge in [-0.15, -0.1) is 0 Å². The van der Waals surface area contributed by atoms with Crippen molar-refractivity contribution in [2.45, 2.75) is 18.2 Å². The third-order valence-corrected chi connectivity index (χ3v) is 6.38. The molecule has 2 aromatic carbocycles. The quantitative estimate of drug-likeness (QED) is 0.695. The Morgan fingerprint density at radius 1 is 1.00 bits per heavy atom. The van der Waals surface area contributed by atoms with E-state index in [2.05, 4.69) is 4.98 Å². The number of pyridine rings is 1. The number of benzene rings is 2. The molecule has 0 spiro atoms.